The van der Waals surface area contributed by atoms with Gasteiger partial charge in [-0.3, -0.25) is 14.9 Å². The van der Waals surface area contributed by atoms with E-state index >= 15 is 0 Å². The summed E-state index contributed by atoms with van der Waals surface area (Å²) in [6.45, 7) is -0.249. The fraction of sp³-hybridized carbons (Fsp3) is 0.250. The van der Waals surface area contributed by atoms with Crippen molar-refractivity contribution in [3.63, 3.8) is 0 Å². The number of rotatable bonds is 7. The molecular formula is C28H24ClFN4O4. The van der Waals surface area contributed by atoms with Gasteiger partial charge in [-0.2, -0.15) is 9.78 Å². The van der Waals surface area contributed by atoms with Gasteiger partial charge in [-0.1, -0.05) is 61.2 Å². The minimum Gasteiger partial charge on any atom is -0.481 e. The molecule has 1 fully saturated rings. The van der Waals surface area contributed by atoms with Crippen molar-refractivity contribution in [1.82, 2.24) is 9.66 Å². The fourth-order valence-electron chi connectivity index (χ4n) is 4.75. The monoisotopic (exact) mass is 534 g/mol. The van der Waals surface area contributed by atoms with Crippen molar-refractivity contribution in [2.45, 2.75) is 44.6 Å². The molecule has 4 aromatic rings. The van der Waals surface area contributed by atoms with E-state index in [9.17, 15) is 19.3 Å². The molecule has 1 heterocycles. The molecule has 1 aromatic heterocycles. The van der Waals surface area contributed by atoms with Crippen LogP contribution in [0.2, 0.25) is 5.02 Å². The van der Waals surface area contributed by atoms with Crippen LogP contribution in [0.25, 0.3) is 10.9 Å². The molecule has 1 aliphatic rings. The first kappa shape index (κ1) is 25.5. The number of hydrogen-bond donors (Lipinski definition) is 0. The van der Waals surface area contributed by atoms with Crippen molar-refractivity contribution < 1.29 is 14.1 Å². The highest BCUT2D eigenvalue weighted by Gasteiger charge is 2.24. The lowest BCUT2D eigenvalue weighted by molar-refractivity contribution is -0.385. The molecule has 194 valence electrons. The Morgan fingerprint density at radius 3 is 2.63 bits per heavy atom. The van der Waals surface area contributed by atoms with Crippen LogP contribution >= 0.6 is 11.6 Å². The summed E-state index contributed by atoms with van der Waals surface area (Å²) in [5.74, 6) is -0.0173. The second kappa shape index (κ2) is 11.1. The van der Waals surface area contributed by atoms with Crippen LogP contribution in [0.3, 0.4) is 0 Å². The van der Waals surface area contributed by atoms with Gasteiger partial charge in [-0.25, -0.2) is 9.37 Å². The second-order valence-corrected chi connectivity index (χ2v) is 9.60. The molecule has 1 saturated carbocycles. The summed E-state index contributed by atoms with van der Waals surface area (Å²) in [4.78, 5) is 29.5. The standard InChI is InChI=1S/C28H24ClFN4O4/c29-21-14-20(26(25(15-21)34(36)37)38-17-19-10-4-6-12-23(19)30)16-31-33-27(18-8-2-1-3-9-18)32-24-13-7-5-11-22(24)28(33)35/h4-7,10-16,18H,1-3,8-9,17H2. The Hall–Kier alpha value is -4.11. The van der Waals surface area contributed by atoms with E-state index in [4.69, 9.17) is 21.3 Å². The van der Waals surface area contributed by atoms with Crippen molar-refractivity contribution in [3.05, 3.63) is 109 Å². The van der Waals surface area contributed by atoms with E-state index in [1.807, 2.05) is 6.07 Å². The number of hydrogen-bond acceptors (Lipinski definition) is 6. The smallest absolute Gasteiger partial charge is 0.313 e. The quantitative estimate of drug-likeness (QED) is 0.151. The van der Waals surface area contributed by atoms with Gasteiger partial charge in [0.1, 0.15) is 18.2 Å². The maximum absolute atomic E-state index is 14.2. The average molecular weight is 535 g/mol. The van der Waals surface area contributed by atoms with E-state index in [1.54, 1.807) is 30.3 Å². The van der Waals surface area contributed by atoms with Crippen LogP contribution in [0.1, 0.15) is 55.0 Å². The maximum Gasteiger partial charge on any atom is 0.313 e. The molecule has 10 heteroatoms. The molecule has 0 bridgehead atoms. The minimum atomic E-state index is -0.628. The third-order valence-corrected chi connectivity index (χ3v) is 6.87. The molecular weight excluding hydrogens is 511 g/mol. The minimum absolute atomic E-state index is 0.0590. The topological polar surface area (TPSA) is 99.6 Å². The van der Waals surface area contributed by atoms with Gasteiger partial charge in [0.05, 0.1) is 22.0 Å². The molecule has 0 N–H and O–H groups in total. The van der Waals surface area contributed by atoms with Crippen molar-refractivity contribution in [1.29, 1.82) is 0 Å². The molecule has 0 saturated heterocycles. The summed E-state index contributed by atoms with van der Waals surface area (Å²) in [5, 5.41) is 16.8. The SMILES string of the molecule is O=c1c2ccccc2nc(C2CCCCC2)n1N=Cc1cc(Cl)cc([N+](=O)[O-])c1OCc1ccccc1F. The van der Waals surface area contributed by atoms with Crippen molar-refractivity contribution in [2.75, 3.05) is 0 Å². The Bertz CT molecular complexity index is 1600. The molecule has 0 spiro atoms. The largest absolute Gasteiger partial charge is 0.481 e. The fourth-order valence-corrected chi connectivity index (χ4v) is 4.97. The lowest BCUT2D eigenvalue weighted by Crippen LogP contribution is -2.25. The number of halogens is 2. The van der Waals surface area contributed by atoms with Crippen LogP contribution in [0.4, 0.5) is 10.1 Å². The summed E-state index contributed by atoms with van der Waals surface area (Å²) in [7, 11) is 0. The first-order valence-corrected chi connectivity index (χ1v) is 12.7. The summed E-state index contributed by atoms with van der Waals surface area (Å²) in [6.07, 6.45) is 6.28. The summed E-state index contributed by atoms with van der Waals surface area (Å²) in [5.41, 5.74) is 0.269. The molecule has 1 aliphatic carbocycles. The molecule has 0 unspecified atom stereocenters. The molecule has 0 atom stereocenters. The predicted molar refractivity (Wildman–Crippen MR) is 144 cm³/mol. The van der Waals surface area contributed by atoms with Crippen LogP contribution in [0, 0.1) is 15.9 Å². The Labute approximate surface area is 222 Å². The molecule has 0 amide bonds. The highest BCUT2D eigenvalue weighted by atomic mass is 35.5. The van der Waals surface area contributed by atoms with E-state index in [2.05, 4.69) is 5.10 Å². The lowest BCUT2D eigenvalue weighted by atomic mass is 9.88. The Morgan fingerprint density at radius 1 is 1.13 bits per heavy atom. The predicted octanol–water partition coefficient (Wildman–Crippen LogP) is 6.61. The van der Waals surface area contributed by atoms with Gasteiger partial charge < -0.3 is 4.74 Å². The number of ether oxygens (including phenoxy) is 1. The first-order chi connectivity index (χ1) is 18.4. The van der Waals surface area contributed by atoms with Gasteiger partial charge in [-0.05, 0) is 37.1 Å². The van der Waals surface area contributed by atoms with Crippen LogP contribution < -0.4 is 10.3 Å². The number of nitro groups is 1. The zero-order valence-electron chi connectivity index (χ0n) is 20.3. The third kappa shape index (κ3) is 5.28. The van der Waals surface area contributed by atoms with E-state index in [0.29, 0.717) is 16.7 Å². The van der Waals surface area contributed by atoms with Crippen molar-refractivity contribution in [3.8, 4) is 5.75 Å². The van der Waals surface area contributed by atoms with Gasteiger partial charge in [0.25, 0.3) is 5.56 Å². The Balaban J connectivity index is 1.61. The van der Waals surface area contributed by atoms with Gasteiger partial charge in [-0.15, -0.1) is 0 Å². The normalized spacial score (nSPS) is 14.3. The van der Waals surface area contributed by atoms with Gasteiger partial charge >= 0.3 is 5.69 Å². The number of aromatic nitrogens is 2. The molecule has 0 radical (unpaired) electrons. The highest BCUT2D eigenvalue weighted by molar-refractivity contribution is 6.31. The molecule has 3 aromatic carbocycles. The van der Waals surface area contributed by atoms with E-state index in [-0.39, 0.29) is 40.0 Å². The van der Waals surface area contributed by atoms with Crippen molar-refractivity contribution in [2.24, 2.45) is 5.10 Å². The number of benzene rings is 3. The number of nitrogens with zero attached hydrogens (tertiary/aromatic N) is 4. The Kier molecular flexibility index (Phi) is 7.46. The molecule has 38 heavy (non-hydrogen) atoms. The molecule has 0 aliphatic heterocycles. The first-order valence-electron chi connectivity index (χ1n) is 12.3. The van der Waals surface area contributed by atoms with Crippen molar-refractivity contribution >= 4 is 34.4 Å². The highest BCUT2D eigenvalue weighted by Crippen LogP contribution is 2.35. The van der Waals surface area contributed by atoms with Crippen LogP contribution in [-0.4, -0.2) is 20.8 Å². The summed E-state index contributed by atoms with van der Waals surface area (Å²) >= 11 is 6.19. The third-order valence-electron chi connectivity index (χ3n) is 6.65. The Morgan fingerprint density at radius 2 is 1.87 bits per heavy atom. The number of fused-ring (bicyclic) bond motifs is 1. The van der Waals surface area contributed by atoms with Crippen LogP contribution in [0.5, 0.6) is 5.75 Å². The lowest BCUT2D eigenvalue weighted by Gasteiger charge is -2.22. The van der Waals surface area contributed by atoms with Crippen LogP contribution in [-0.2, 0) is 6.61 Å². The van der Waals surface area contributed by atoms with Gasteiger partial charge in [0.2, 0.25) is 5.75 Å². The van der Waals surface area contributed by atoms with Crippen LogP contribution in [0.15, 0.2) is 70.6 Å². The second-order valence-electron chi connectivity index (χ2n) is 9.16. The zero-order valence-corrected chi connectivity index (χ0v) is 21.1. The molecule has 8 nitrogen and oxygen atoms in total. The van der Waals surface area contributed by atoms with E-state index in [0.717, 1.165) is 38.2 Å². The summed E-state index contributed by atoms with van der Waals surface area (Å²) < 4.78 is 21.2. The zero-order chi connectivity index (χ0) is 26.6. The van der Waals surface area contributed by atoms with E-state index < -0.39 is 16.4 Å². The number of para-hydroxylation sites is 1. The molecule has 5 rings (SSSR count). The van der Waals surface area contributed by atoms with Gasteiger partial charge in [0.15, 0.2) is 0 Å². The number of nitro benzene ring substituents is 1. The van der Waals surface area contributed by atoms with Gasteiger partial charge in [0, 0.05) is 28.1 Å². The van der Waals surface area contributed by atoms with E-state index in [1.165, 1.54) is 29.1 Å². The average Bonchev–Trinajstić information content (AvgIpc) is 2.92. The maximum atomic E-state index is 14.2. The summed E-state index contributed by atoms with van der Waals surface area (Å²) in [6, 6.07) is 15.7.